The lowest BCUT2D eigenvalue weighted by Gasteiger charge is -2.04. The molecule has 66 valence electrons. The molecule has 0 aliphatic carbocycles. The number of carboxylic acids is 1. The van der Waals surface area contributed by atoms with Gasteiger partial charge in [-0.3, -0.25) is 4.79 Å². The molecule has 12 heavy (non-hydrogen) atoms. The monoisotopic (exact) mass is 188 g/mol. The molecule has 1 rings (SSSR count). The lowest BCUT2D eigenvalue weighted by atomic mass is 10.1. The van der Waals surface area contributed by atoms with E-state index in [-0.39, 0.29) is 6.42 Å². The Morgan fingerprint density at radius 1 is 1.83 bits per heavy atom. The minimum absolute atomic E-state index is 0.0891. The van der Waals surface area contributed by atoms with Crippen molar-refractivity contribution in [2.24, 2.45) is 5.73 Å². The highest BCUT2D eigenvalue weighted by molar-refractivity contribution is 6.29. The van der Waals surface area contributed by atoms with Crippen LogP contribution in [0.2, 0.25) is 5.15 Å². The van der Waals surface area contributed by atoms with E-state index in [9.17, 15) is 4.79 Å². The van der Waals surface area contributed by atoms with E-state index < -0.39 is 12.0 Å². The van der Waals surface area contributed by atoms with Crippen molar-refractivity contribution in [3.05, 3.63) is 23.0 Å². The SMILES string of the molecule is N[C@H](CC(=O)O)c1c[nH]c(Cl)c1. The summed E-state index contributed by atoms with van der Waals surface area (Å²) in [6, 6.07) is 1.13. The summed E-state index contributed by atoms with van der Waals surface area (Å²) in [4.78, 5) is 13.0. The topological polar surface area (TPSA) is 79.1 Å². The van der Waals surface area contributed by atoms with E-state index in [2.05, 4.69) is 4.98 Å². The molecular weight excluding hydrogens is 180 g/mol. The first kappa shape index (κ1) is 9.09. The van der Waals surface area contributed by atoms with Gasteiger partial charge in [0, 0.05) is 12.2 Å². The number of H-pyrrole nitrogens is 1. The zero-order chi connectivity index (χ0) is 9.14. The number of halogens is 1. The number of carbonyl (C=O) groups is 1. The molecule has 1 atom stereocenters. The van der Waals surface area contributed by atoms with Crippen LogP contribution in [-0.2, 0) is 4.79 Å². The summed E-state index contributed by atoms with van der Waals surface area (Å²) >= 11 is 5.58. The Hall–Kier alpha value is -1.00. The van der Waals surface area contributed by atoms with Gasteiger partial charge in [-0.25, -0.2) is 0 Å². The quantitative estimate of drug-likeness (QED) is 0.666. The van der Waals surface area contributed by atoms with Crippen LogP contribution in [0.5, 0.6) is 0 Å². The van der Waals surface area contributed by atoms with Crippen LogP contribution in [0.15, 0.2) is 12.3 Å². The number of rotatable bonds is 3. The molecule has 0 saturated heterocycles. The summed E-state index contributed by atoms with van der Waals surface area (Å²) in [7, 11) is 0. The molecule has 0 spiro atoms. The summed E-state index contributed by atoms with van der Waals surface area (Å²) in [5, 5.41) is 8.89. The van der Waals surface area contributed by atoms with Gasteiger partial charge in [0.05, 0.1) is 6.42 Å². The van der Waals surface area contributed by atoms with Crippen molar-refractivity contribution >= 4 is 17.6 Å². The van der Waals surface area contributed by atoms with E-state index in [0.717, 1.165) is 0 Å². The Labute approximate surface area is 74.3 Å². The van der Waals surface area contributed by atoms with E-state index >= 15 is 0 Å². The zero-order valence-electron chi connectivity index (χ0n) is 6.25. The molecule has 0 aromatic carbocycles. The van der Waals surface area contributed by atoms with Gasteiger partial charge in [0.25, 0.3) is 0 Å². The van der Waals surface area contributed by atoms with Crippen LogP contribution >= 0.6 is 11.6 Å². The summed E-state index contributed by atoms with van der Waals surface area (Å²) in [5.41, 5.74) is 6.26. The average Bonchev–Trinajstić information content (AvgIpc) is 2.34. The standard InChI is InChI=1S/C7H9ClN2O2/c8-6-1-4(3-10-6)5(9)2-7(11)12/h1,3,5,10H,2,9H2,(H,11,12)/t5-/m1/s1. The third-order valence-electron chi connectivity index (χ3n) is 1.49. The third-order valence-corrected chi connectivity index (χ3v) is 1.71. The lowest BCUT2D eigenvalue weighted by molar-refractivity contribution is -0.137. The Balaban J connectivity index is 2.64. The van der Waals surface area contributed by atoms with Gasteiger partial charge in [-0.2, -0.15) is 0 Å². The van der Waals surface area contributed by atoms with Crippen molar-refractivity contribution in [3.63, 3.8) is 0 Å². The van der Waals surface area contributed by atoms with Gasteiger partial charge in [-0.15, -0.1) is 0 Å². The highest BCUT2D eigenvalue weighted by Gasteiger charge is 2.11. The van der Waals surface area contributed by atoms with E-state index in [1.807, 2.05) is 0 Å². The fourth-order valence-corrected chi connectivity index (χ4v) is 1.08. The first-order valence-electron chi connectivity index (χ1n) is 3.41. The normalized spacial score (nSPS) is 12.8. The van der Waals surface area contributed by atoms with Crippen LogP contribution in [0, 0.1) is 0 Å². The molecule has 0 radical (unpaired) electrons. The van der Waals surface area contributed by atoms with Crippen molar-refractivity contribution in [1.29, 1.82) is 0 Å². The fourth-order valence-electron chi connectivity index (χ4n) is 0.902. The number of hydrogen-bond acceptors (Lipinski definition) is 2. The Bertz CT molecular complexity index is 285. The van der Waals surface area contributed by atoms with Crippen molar-refractivity contribution in [3.8, 4) is 0 Å². The smallest absolute Gasteiger partial charge is 0.305 e. The minimum atomic E-state index is -0.917. The number of aromatic amines is 1. The number of nitrogens with one attached hydrogen (secondary N) is 1. The molecule has 0 bridgehead atoms. The van der Waals surface area contributed by atoms with Crippen LogP contribution in [0.3, 0.4) is 0 Å². The molecule has 4 N–H and O–H groups in total. The van der Waals surface area contributed by atoms with Gasteiger partial charge >= 0.3 is 5.97 Å². The van der Waals surface area contributed by atoms with Crippen LogP contribution in [0.25, 0.3) is 0 Å². The van der Waals surface area contributed by atoms with Crippen LogP contribution in [0.4, 0.5) is 0 Å². The molecule has 0 unspecified atom stereocenters. The number of aromatic nitrogens is 1. The first-order valence-corrected chi connectivity index (χ1v) is 3.78. The molecule has 0 aliphatic rings. The predicted molar refractivity (Wildman–Crippen MR) is 45.0 cm³/mol. The van der Waals surface area contributed by atoms with Crippen molar-refractivity contribution in [1.82, 2.24) is 4.98 Å². The number of hydrogen-bond donors (Lipinski definition) is 3. The van der Waals surface area contributed by atoms with Crippen molar-refractivity contribution in [2.75, 3.05) is 0 Å². The van der Waals surface area contributed by atoms with Crippen molar-refractivity contribution < 1.29 is 9.90 Å². The maximum atomic E-state index is 10.3. The minimum Gasteiger partial charge on any atom is -0.481 e. The number of nitrogens with two attached hydrogens (primary N) is 1. The Morgan fingerprint density at radius 2 is 2.50 bits per heavy atom. The zero-order valence-corrected chi connectivity index (χ0v) is 7.01. The molecule has 1 aromatic heterocycles. The summed E-state index contributed by atoms with van der Waals surface area (Å²) in [6.07, 6.45) is 1.52. The molecule has 0 amide bonds. The second-order valence-electron chi connectivity index (χ2n) is 2.49. The van der Waals surface area contributed by atoms with Gasteiger partial charge in [-0.1, -0.05) is 11.6 Å². The van der Waals surface area contributed by atoms with Crippen LogP contribution < -0.4 is 5.73 Å². The van der Waals surface area contributed by atoms with E-state index in [1.54, 1.807) is 12.3 Å². The molecule has 0 fully saturated rings. The Morgan fingerprint density at radius 3 is 2.92 bits per heavy atom. The molecular formula is C7H9ClN2O2. The lowest BCUT2D eigenvalue weighted by Crippen LogP contribution is -2.14. The van der Waals surface area contributed by atoms with Gasteiger partial charge in [0.15, 0.2) is 0 Å². The first-order chi connectivity index (χ1) is 5.59. The molecule has 0 saturated carbocycles. The summed E-state index contributed by atoms with van der Waals surface area (Å²) < 4.78 is 0. The molecule has 1 aromatic rings. The van der Waals surface area contributed by atoms with E-state index in [1.165, 1.54) is 0 Å². The summed E-state index contributed by atoms with van der Waals surface area (Å²) in [6.45, 7) is 0. The van der Waals surface area contributed by atoms with Crippen LogP contribution in [-0.4, -0.2) is 16.1 Å². The largest absolute Gasteiger partial charge is 0.481 e. The summed E-state index contributed by atoms with van der Waals surface area (Å²) in [5.74, 6) is -0.917. The molecule has 0 aliphatic heterocycles. The van der Waals surface area contributed by atoms with Crippen molar-refractivity contribution in [2.45, 2.75) is 12.5 Å². The number of carboxylic acid groups (broad SMARTS) is 1. The van der Waals surface area contributed by atoms with E-state index in [0.29, 0.717) is 10.7 Å². The van der Waals surface area contributed by atoms with Gasteiger partial charge in [-0.05, 0) is 11.6 Å². The van der Waals surface area contributed by atoms with E-state index in [4.69, 9.17) is 22.4 Å². The molecule has 5 heteroatoms. The fraction of sp³-hybridized carbons (Fsp3) is 0.286. The van der Waals surface area contributed by atoms with Gasteiger partial charge < -0.3 is 15.8 Å². The Kier molecular flexibility index (Phi) is 2.73. The molecule has 4 nitrogen and oxygen atoms in total. The maximum absolute atomic E-state index is 10.3. The predicted octanol–water partition coefficient (Wildman–Crippen LogP) is 1.14. The second kappa shape index (κ2) is 3.60. The highest BCUT2D eigenvalue weighted by atomic mass is 35.5. The average molecular weight is 189 g/mol. The van der Waals surface area contributed by atoms with Gasteiger partial charge in [0.1, 0.15) is 5.15 Å². The number of aliphatic carboxylic acids is 1. The highest BCUT2D eigenvalue weighted by Crippen LogP contribution is 2.17. The second-order valence-corrected chi connectivity index (χ2v) is 2.89. The molecule has 1 heterocycles. The maximum Gasteiger partial charge on any atom is 0.305 e. The van der Waals surface area contributed by atoms with Crippen LogP contribution in [0.1, 0.15) is 18.0 Å². The third kappa shape index (κ3) is 2.25. The van der Waals surface area contributed by atoms with Gasteiger partial charge in [0.2, 0.25) is 0 Å².